The smallest absolute Gasteiger partial charge is 0.0950 e. The molecule has 1 unspecified atom stereocenters. The van der Waals surface area contributed by atoms with E-state index in [0.717, 1.165) is 30.2 Å². The van der Waals surface area contributed by atoms with Crippen LogP contribution in [-0.2, 0) is 14.2 Å². The molecule has 1 rings (SSSR count). The molecule has 4 nitrogen and oxygen atoms in total. The van der Waals surface area contributed by atoms with Crippen LogP contribution in [0.1, 0.15) is 18.1 Å². The third-order valence-electron chi connectivity index (χ3n) is 2.82. The fourth-order valence-corrected chi connectivity index (χ4v) is 1.92. The molecule has 1 aromatic carbocycles. The second-order valence-electron chi connectivity index (χ2n) is 4.43. The van der Waals surface area contributed by atoms with Gasteiger partial charge < -0.3 is 19.5 Å². The van der Waals surface area contributed by atoms with Crippen molar-refractivity contribution in [3.8, 4) is 0 Å². The minimum absolute atomic E-state index is 0.0137. The minimum Gasteiger partial charge on any atom is -0.385 e. The Balaban J connectivity index is 2.27. The van der Waals surface area contributed by atoms with Crippen molar-refractivity contribution in [1.29, 1.82) is 0 Å². The Hall–Kier alpha value is -0.650. The van der Waals surface area contributed by atoms with Gasteiger partial charge in [-0.25, -0.2) is 0 Å². The summed E-state index contributed by atoms with van der Waals surface area (Å²) in [5.74, 6) is 0. The molecular formula is C15H24ClNO3. The third kappa shape index (κ3) is 7.22. The summed E-state index contributed by atoms with van der Waals surface area (Å²) in [5.41, 5.74) is 1.11. The van der Waals surface area contributed by atoms with Crippen LogP contribution in [0.3, 0.4) is 0 Å². The molecule has 20 heavy (non-hydrogen) atoms. The highest BCUT2D eigenvalue weighted by molar-refractivity contribution is 6.30. The number of likely N-dealkylation sites (N-methyl/N-ethyl adjacent to an activating group) is 1. The minimum atomic E-state index is 0.0137. The van der Waals surface area contributed by atoms with Crippen molar-refractivity contribution in [2.24, 2.45) is 0 Å². The Morgan fingerprint density at radius 2 is 1.85 bits per heavy atom. The summed E-state index contributed by atoms with van der Waals surface area (Å²) in [6, 6.07) is 7.74. The second kappa shape index (κ2) is 11.1. The number of ether oxygens (including phenoxy) is 3. The Bertz CT molecular complexity index is 345. The molecule has 0 aromatic heterocycles. The average molecular weight is 302 g/mol. The van der Waals surface area contributed by atoms with Crippen LogP contribution in [0.15, 0.2) is 24.3 Å². The Kier molecular flexibility index (Phi) is 9.62. The van der Waals surface area contributed by atoms with E-state index in [1.165, 1.54) is 0 Å². The normalized spacial score (nSPS) is 12.6. The quantitative estimate of drug-likeness (QED) is 0.638. The number of rotatable bonds is 11. The summed E-state index contributed by atoms with van der Waals surface area (Å²) in [6.07, 6.45) is 0.924. The summed E-state index contributed by atoms with van der Waals surface area (Å²) >= 11 is 5.89. The molecule has 0 bridgehead atoms. The summed E-state index contributed by atoms with van der Waals surface area (Å²) < 4.78 is 16.3. The van der Waals surface area contributed by atoms with Gasteiger partial charge in [0.25, 0.3) is 0 Å². The Morgan fingerprint density at radius 1 is 1.10 bits per heavy atom. The van der Waals surface area contributed by atoms with Crippen LogP contribution in [0.25, 0.3) is 0 Å². The topological polar surface area (TPSA) is 39.7 Å². The third-order valence-corrected chi connectivity index (χ3v) is 3.07. The molecule has 1 aromatic rings. The zero-order chi connectivity index (χ0) is 14.6. The molecule has 0 aliphatic heterocycles. The van der Waals surface area contributed by atoms with E-state index < -0.39 is 0 Å². The molecule has 0 radical (unpaired) electrons. The van der Waals surface area contributed by atoms with E-state index in [1.54, 1.807) is 7.11 Å². The first kappa shape index (κ1) is 17.4. The molecule has 0 aliphatic rings. The van der Waals surface area contributed by atoms with E-state index in [9.17, 15) is 0 Å². The lowest BCUT2D eigenvalue weighted by molar-refractivity contribution is 0.00141. The first-order valence-electron chi connectivity index (χ1n) is 6.86. The van der Waals surface area contributed by atoms with Crippen molar-refractivity contribution in [3.63, 3.8) is 0 Å². The monoisotopic (exact) mass is 301 g/mol. The Labute approximate surface area is 126 Å². The van der Waals surface area contributed by atoms with Crippen molar-refractivity contribution >= 4 is 11.6 Å². The van der Waals surface area contributed by atoms with Crippen LogP contribution in [0.2, 0.25) is 5.02 Å². The highest BCUT2D eigenvalue weighted by Crippen LogP contribution is 2.19. The molecular weight excluding hydrogens is 278 g/mol. The first-order chi connectivity index (χ1) is 9.77. The van der Waals surface area contributed by atoms with E-state index in [4.69, 9.17) is 25.8 Å². The lowest BCUT2D eigenvalue weighted by Gasteiger charge is -2.18. The molecule has 0 spiro atoms. The SMILES string of the molecule is CNCC(OCCOCCCOC)c1ccc(Cl)cc1. The zero-order valence-corrected chi connectivity index (χ0v) is 13.0. The number of nitrogens with one attached hydrogen (secondary N) is 1. The number of hydrogen-bond acceptors (Lipinski definition) is 4. The van der Waals surface area contributed by atoms with E-state index in [2.05, 4.69) is 5.32 Å². The van der Waals surface area contributed by atoms with E-state index >= 15 is 0 Å². The van der Waals surface area contributed by atoms with Crippen LogP contribution in [-0.4, -0.2) is 47.1 Å². The van der Waals surface area contributed by atoms with Gasteiger partial charge >= 0.3 is 0 Å². The van der Waals surface area contributed by atoms with Crippen LogP contribution in [0.4, 0.5) is 0 Å². The fraction of sp³-hybridized carbons (Fsp3) is 0.600. The van der Waals surface area contributed by atoms with Crippen LogP contribution in [0, 0.1) is 0 Å². The summed E-state index contributed by atoms with van der Waals surface area (Å²) in [7, 11) is 3.60. The predicted molar refractivity (Wildman–Crippen MR) is 81.4 cm³/mol. The maximum Gasteiger partial charge on any atom is 0.0950 e. The molecule has 1 N–H and O–H groups in total. The lowest BCUT2D eigenvalue weighted by atomic mass is 10.1. The van der Waals surface area contributed by atoms with Gasteiger partial charge in [0.15, 0.2) is 0 Å². The van der Waals surface area contributed by atoms with Crippen molar-refractivity contribution in [3.05, 3.63) is 34.9 Å². The van der Waals surface area contributed by atoms with Crippen molar-refractivity contribution in [1.82, 2.24) is 5.32 Å². The van der Waals surface area contributed by atoms with Gasteiger partial charge in [0.05, 0.1) is 19.3 Å². The fourth-order valence-electron chi connectivity index (χ4n) is 1.79. The number of hydrogen-bond donors (Lipinski definition) is 1. The van der Waals surface area contributed by atoms with E-state index in [-0.39, 0.29) is 6.10 Å². The maximum absolute atomic E-state index is 5.89. The van der Waals surface area contributed by atoms with Gasteiger partial charge in [0, 0.05) is 31.9 Å². The first-order valence-corrected chi connectivity index (χ1v) is 7.24. The van der Waals surface area contributed by atoms with Crippen molar-refractivity contribution < 1.29 is 14.2 Å². The number of halogens is 1. The van der Waals surface area contributed by atoms with Gasteiger partial charge in [0.1, 0.15) is 0 Å². The molecule has 0 heterocycles. The van der Waals surface area contributed by atoms with Gasteiger partial charge in [-0.2, -0.15) is 0 Å². The molecule has 0 fully saturated rings. The predicted octanol–water partition coefficient (Wildman–Crippen LogP) is 2.67. The molecule has 114 valence electrons. The van der Waals surface area contributed by atoms with Gasteiger partial charge in [0.2, 0.25) is 0 Å². The molecule has 0 saturated carbocycles. The van der Waals surface area contributed by atoms with Gasteiger partial charge in [-0.3, -0.25) is 0 Å². The maximum atomic E-state index is 5.89. The summed E-state index contributed by atoms with van der Waals surface area (Å²) in [6.45, 7) is 3.35. The standard InChI is InChI=1S/C15H24ClNO3/c1-17-12-15(13-4-6-14(16)7-5-13)20-11-10-19-9-3-8-18-2/h4-7,15,17H,3,8-12H2,1-2H3. The number of methoxy groups -OCH3 is 1. The molecule has 5 heteroatoms. The van der Waals surface area contributed by atoms with Crippen LogP contribution < -0.4 is 5.32 Å². The van der Waals surface area contributed by atoms with Crippen LogP contribution in [0.5, 0.6) is 0 Å². The van der Waals surface area contributed by atoms with Crippen molar-refractivity contribution in [2.45, 2.75) is 12.5 Å². The zero-order valence-electron chi connectivity index (χ0n) is 12.2. The summed E-state index contributed by atoms with van der Waals surface area (Å²) in [5, 5.41) is 3.87. The van der Waals surface area contributed by atoms with Crippen LogP contribution >= 0.6 is 11.6 Å². The van der Waals surface area contributed by atoms with Gasteiger partial charge in [-0.05, 0) is 31.2 Å². The van der Waals surface area contributed by atoms with Crippen molar-refractivity contribution in [2.75, 3.05) is 47.1 Å². The Morgan fingerprint density at radius 3 is 2.50 bits per heavy atom. The largest absolute Gasteiger partial charge is 0.385 e. The van der Waals surface area contributed by atoms with Gasteiger partial charge in [-0.1, -0.05) is 23.7 Å². The molecule has 0 amide bonds. The highest BCUT2D eigenvalue weighted by Gasteiger charge is 2.10. The highest BCUT2D eigenvalue weighted by atomic mass is 35.5. The lowest BCUT2D eigenvalue weighted by Crippen LogP contribution is -2.21. The number of benzene rings is 1. The average Bonchev–Trinajstić information content (AvgIpc) is 2.46. The molecule has 1 atom stereocenters. The summed E-state index contributed by atoms with van der Waals surface area (Å²) in [4.78, 5) is 0. The molecule has 0 aliphatic carbocycles. The molecule has 0 saturated heterocycles. The van der Waals surface area contributed by atoms with Gasteiger partial charge in [-0.15, -0.1) is 0 Å². The second-order valence-corrected chi connectivity index (χ2v) is 4.86. The van der Waals surface area contributed by atoms with E-state index in [0.29, 0.717) is 19.8 Å². The van der Waals surface area contributed by atoms with E-state index in [1.807, 2.05) is 31.3 Å².